The topological polar surface area (TPSA) is 33.0 Å². The molecule has 1 fully saturated rings. The molecule has 5 rings (SSSR count). The first-order valence-corrected chi connectivity index (χ1v) is 12.9. The van der Waals surface area contributed by atoms with Gasteiger partial charge in [0.25, 0.3) is 0 Å². The molecule has 2 unspecified atom stereocenters. The first kappa shape index (κ1) is 23.3. The molecule has 1 saturated heterocycles. The van der Waals surface area contributed by atoms with Crippen molar-refractivity contribution in [2.24, 2.45) is 5.92 Å². The number of aryl methyl sites for hydroxylation is 1. The highest BCUT2D eigenvalue weighted by atomic mass is 16.5. The van der Waals surface area contributed by atoms with Crippen LogP contribution in [0.5, 0.6) is 0 Å². The van der Waals surface area contributed by atoms with Crippen LogP contribution in [0.2, 0.25) is 0 Å². The lowest BCUT2D eigenvalue weighted by Crippen LogP contribution is -2.30. The van der Waals surface area contributed by atoms with Gasteiger partial charge in [-0.25, -0.2) is 0 Å². The minimum absolute atomic E-state index is 0.363. The first-order valence-electron chi connectivity index (χ1n) is 12.9. The van der Waals surface area contributed by atoms with E-state index in [9.17, 15) is 0 Å². The van der Waals surface area contributed by atoms with Crippen molar-refractivity contribution in [1.29, 1.82) is 5.26 Å². The molecule has 0 bridgehead atoms. The van der Waals surface area contributed by atoms with E-state index in [0.717, 1.165) is 31.2 Å². The molecule has 0 aliphatic carbocycles. The lowest BCUT2D eigenvalue weighted by atomic mass is 9.86. The summed E-state index contributed by atoms with van der Waals surface area (Å²) in [5.74, 6) is 0.701. The molecule has 1 aliphatic heterocycles. The van der Waals surface area contributed by atoms with Gasteiger partial charge in [0, 0.05) is 0 Å². The Hall–Kier alpha value is -3.41. The van der Waals surface area contributed by atoms with Gasteiger partial charge in [-0.3, -0.25) is 0 Å². The third kappa shape index (κ3) is 4.88. The fourth-order valence-electron chi connectivity index (χ4n) is 5.91. The Labute approximate surface area is 209 Å². The van der Waals surface area contributed by atoms with E-state index in [1.54, 1.807) is 0 Å². The van der Waals surface area contributed by atoms with Gasteiger partial charge in [-0.2, -0.15) is 5.26 Å². The molecular formula is C33H33NO. The van der Waals surface area contributed by atoms with Gasteiger partial charge in [0.1, 0.15) is 0 Å². The molecule has 4 aromatic carbocycles. The maximum Gasteiger partial charge on any atom is 0.0991 e. The zero-order valence-electron chi connectivity index (χ0n) is 20.9. The molecule has 0 saturated carbocycles. The summed E-state index contributed by atoms with van der Waals surface area (Å²) >= 11 is 0. The van der Waals surface area contributed by atoms with Gasteiger partial charge in [0.15, 0.2) is 0 Å². The molecule has 3 atom stereocenters. The molecule has 0 aromatic heterocycles. The van der Waals surface area contributed by atoms with Crippen molar-refractivity contribution in [1.82, 2.24) is 0 Å². The summed E-state index contributed by atoms with van der Waals surface area (Å²) in [6, 6.07) is 30.4. The molecular weight excluding hydrogens is 426 g/mol. The van der Waals surface area contributed by atoms with E-state index >= 15 is 0 Å². The number of ether oxygens (including phenoxy) is 1. The normalized spacial score (nSPS) is 20.0. The number of nitrogens with zero attached hydrogens (tertiary/aromatic N) is 1. The Balaban J connectivity index is 1.46. The van der Waals surface area contributed by atoms with Crippen molar-refractivity contribution in [3.63, 3.8) is 0 Å². The molecule has 35 heavy (non-hydrogen) atoms. The molecule has 1 aliphatic rings. The van der Waals surface area contributed by atoms with E-state index in [-0.39, 0.29) is 0 Å². The van der Waals surface area contributed by atoms with Crippen molar-refractivity contribution < 1.29 is 4.74 Å². The monoisotopic (exact) mass is 459 g/mol. The second-order valence-electron chi connectivity index (χ2n) is 10.0. The van der Waals surface area contributed by atoms with Crippen LogP contribution in [0.25, 0.3) is 33.0 Å². The lowest BCUT2D eigenvalue weighted by molar-refractivity contribution is -0.0518. The highest BCUT2D eigenvalue weighted by Gasteiger charge is 2.24. The largest absolute Gasteiger partial charge is 0.376 e. The number of benzene rings is 4. The second kappa shape index (κ2) is 10.1. The van der Waals surface area contributed by atoms with Gasteiger partial charge in [-0.15, -0.1) is 0 Å². The Kier molecular flexibility index (Phi) is 6.71. The van der Waals surface area contributed by atoms with E-state index in [1.807, 2.05) is 24.3 Å². The minimum atomic E-state index is 0.363. The Morgan fingerprint density at radius 3 is 2.09 bits per heavy atom. The zero-order valence-corrected chi connectivity index (χ0v) is 20.9. The van der Waals surface area contributed by atoms with E-state index in [4.69, 9.17) is 10.00 Å². The van der Waals surface area contributed by atoms with Gasteiger partial charge < -0.3 is 4.74 Å². The molecule has 0 amide bonds. The van der Waals surface area contributed by atoms with Crippen molar-refractivity contribution in [2.75, 3.05) is 0 Å². The van der Waals surface area contributed by atoms with Crippen molar-refractivity contribution >= 4 is 10.8 Å². The number of rotatable bonds is 5. The van der Waals surface area contributed by atoms with E-state index < -0.39 is 0 Å². The third-order valence-corrected chi connectivity index (χ3v) is 7.44. The van der Waals surface area contributed by atoms with Gasteiger partial charge in [-0.05, 0) is 102 Å². The fourth-order valence-corrected chi connectivity index (χ4v) is 5.91. The van der Waals surface area contributed by atoms with Crippen LogP contribution in [0.3, 0.4) is 0 Å². The highest BCUT2D eigenvalue weighted by Crippen LogP contribution is 2.36. The van der Waals surface area contributed by atoms with Crippen LogP contribution in [0.4, 0.5) is 0 Å². The average molecular weight is 460 g/mol. The van der Waals surface area contributed by atoms with Crippen LogP contribution in [-0.2, 0) is 17.6 Å². The van der Waals surface area contributed by atoms with E-state index in [0.29, 0.717) is 23.7 Å². The summed E-state index contributed by atoms with van der Waals surface area (Å²) in [5, 5.41) is 11.7. The molecule has 0 N–H and O–H groups in total. The number of hydrogen-bond donors (Lipinski definition) is 0. The molecule has 1 heterocycles. The summed E-state index contributed by atoms with van der Waals surface area (Å²) in [7, 11) is 0. The van der Waals surface area contributed by atoms with Crippen LogP contribution < -0.4 is 0 Å². The number of fused-ring (bicyclic) bond motifs is 1. The molecule has 2 heteroatoms. The van der Waals surface area contributed by atoms with Gasteiger partial charge >= 0.3 is 0 Å². The molecule has 2 nitrogen and oxygen atoms in total. The maximum atomic E-state index is 9.14. The smallest absolute Gasteiger partial charge is 0.0991 e. The summed E-state index contributed by atoms with van der Waals surface area (Å²) in [4.78, 5) is 0. The minimum Gasteiger partial charge on any atom is -0.376 e. The summed E-state index contributed by atoms with van der Waals surface area (Å²) in [6.07, 6.45) is 5.13. The summed E-state index contributed by atoms with van der Waals surface area (Å²) < 4.78 is 5.93. The highest BCUT2D eigenvalue weighted by molar-refractivity contribution is 6.01. The van der Waals surface area contributed by atoms with Crippen LogP contribution >= 0.6 is 0 Å². The van der Waals surface area contributed by atoms with Gasteiger partial charge in [-0.1, -0.05) is 73.7 Å². The maximum absolute atomic E-state index is 9.14. The van der Waals surface area contributed by atoms with Crippen LogP contribution in [-0.4, -0.2) is 12.2 Å². The van der Waals surface area contributed by atoms with Crippen LogP contribution in [0.15, 0.2) is 78.9 Å². The summed E-state index contributed by atoms with van der Waals surface area (Å²) in [6.45, 7) is 6.64. The number of hydrogen-bond acceptors (Lipinski definition) is 2. The van der Waals surface area contributed by atoms with Crippen molar-refractivity contribution in [3.8, 4) is 28.3 Å². The predicted octanol–water partition coefficient (Wildman–Crippen LogP) is 8.35. The molecule has 0 radical (unpaired) electrons. The molecule has 176 valence electrons. The lowest BCUT2D eigenvalue weighted by Gasteiger charge is -2.32. The second-order valence-corrected chi connectivity index (χ2v) is 10.0. The van der Waals surface area contributed by atoms with E-state index in [1.165, 1.54) is 38.6 Å². The third-order valence-electron chi connectivity index (χ3n) is 7.44. The Bertz CT molecular complexity index is 1350. The average Bonchev–Trinajstić information content (AvgIpc) is 2.87. The quantitative estimate of drug-likeness (QED) is 0.300. The zero-order chi connectivity index (χ0) is 24.4. The van der Waals surface area contributed by atoms with Crippen LogP contribution in [0, 0.1) is 17.2 Å². The Morgan fingerprint density at radius 1 is 0.771 bits per heavy atom. The number of nitriles is 1. The SMILES string of the molecule is CCc1c(-c2ccc(CC3CC(C)O[C@H](C)C3)cc2)ccc2c(-c3ccc(C#N)cc3)cccc12. The predicted molar refractivity (Wildman–Crippen MR) is 145 cm³/mol. The standard InChI is InChI=1S/C33H33NO/c1-4-29-31(28-12-8-24(9-13-28)20-26-18-22(2)35-23(3)19-26)16-17-33-30(6-5-7-32(29)33)27-14-10-25(21-34)11-15-27/h5-17,22-23,26H,4,18-20H2,1-3H3/t22-,23?,26?/m1/s1. The van der Waals surface area contributed by atoms with Crippen molar-refractivity contribution in [2.45, 2.75) is 58.7 Å². The van der Waals surface area contributed by atoms with Gasteiger partial charge in [0.05, 0.1) is 23.8 Å². The van der Waals surface area contributed by atoms with Crippen LogP contribution in [0.1, 0.15) is 50.3 Å². The van der Waals surface area contributed by atoms with E-state index in [2.05, 4.69) is 81.4 Å². The fraction of sp³-hybridized carbons (Fsp3) is 0.303. The van der Waals surface area contributed by atoms with Gasteiger partial charge in [0.2, 0.25) is 0 Å². The first-order chi connectivity index (χ1) is 17.1. The Morgan fingerprint density at radius 2 is 1.43 bits per heavy atom. The molecule has 0 spiro atoms. The summed E-state index contributed by atoms with van der Waals surface area (Å²) in [5.41, 5.74) is 8.45. The molecule has 4 aromatic rings. The van der Waals surface area contributed by atoms with Crippen molar-refractivity contribution in [3.05, 3.63) is 95.6 Å².